The summed E-state index contributed by atoms with van der Waals surface area (Å²) in [5, 5.41) is 3.20. The van der Waals surface area contributed by atoms with Crippen molar-refractivity contribution >= 4 is 0 Å². The highest BCUT2D eigenvalue weighted by atomic mass is 19.3. The van der Waals surface area contributed by atoms with E-state index in [9.17, 15) is 8.78 Å². The molecule has 1 aromatic rings. The number of halogens is 2. The Bertz CT molecular complexity index is 328. The maximum atomic E-state index is 11.9. The zero-order valence-electron chi connectivity index (χ0n) is 10.7. The van der Waals surface area contributed by atoms with Crippen LogP contribution in [0.1, 0.15) is 19.4 Å². The van der Waals surface area contributed by atoms with Gasteiger partial charge in [-0.3, -0.25) is 0 Å². The average molecular weight is 259 g/mol. The number of alkyl halides is 2. The van der Waals surface area contributed by atoms with Gasteiger partial charge >= 0.3 is 6.61 Å². The number of nitrogens with one attached hydrogen (secondary N) is 1. The van der Waals surface area contributed by atoms with Crippen LogP contribution in [0.15, 0.2) is 24.3 Å². The smallest absolute Gasteiger partial charge is 0.387 e. The molecule has 0 atom stereocenters. The molecule has 0 radical (unpaired) electrons. The zero-order chi connectivity index (χ0) is 13.4. The maximum absolute atomic E-state index is 11.9. The fraction of sp³-hybridized carbons (Fsp3) is 0.538. The van der Waals surface area contributed by atoms with Crippen LogP contribution in [0.3, 0.4) is 0 Å². The van der Waals surface area contributed by atoms with Crippen LogP contribution in [0.4, 0.5) is 8.78 Å². The lowest BCUT2D eigenvalue weighted by Gasteiger charge is -2.09. The molecule has 0 amide bonds. The van der Waals surface area contributed by atoms with E-state index in [0.717, 1.165) is 12.1 Å². The standard InChI is InChI=1S/C13H19F2NO2/c1-10(2)17-8-7-16-9-11-3-5-12(6-4-11)18-13(14)15/h3-6,10,13,16H,7-9H2,1-2H3. The van der Waals surface area contributed by atoms with E-state index in [-0.39, 0.29) is 11.9 Å². The number of ether oxygens (including phenoxy) is 2. The Balaban J connectivity index is 2.22. The Kier molecular flexibility index (Phi) is 6.60. The minimum absolute atomic E-state index is 0.178. The fourth-order valence-electron chi connectivity index (χ4n) is 1.39. The van der Waals surface area contributed by atoms with E-state index in [1.54, 1.807) is 12.1 Å². The summed E-state index contributed by atoms with van der Waals surface area (Å²) in [7, 11) is 0. The molecule has 0 fully saturated rings. The second-order valence-corrected chi connectivity index (χ2v) is 4.12. The van der Waals surface area contributed by atoms with E-state index in [2.05, 4.69) is 10.1 Å². The maximum Gasteiger partial charge on any atom is 0.387 e. The van der Waals surface area contributed by atoms with Gasteiger partial charge in [0, 0.05) is 13.1 Å². The molecule has 1 aromatic carbocycles. The van der Waals surface area contributed by atoms with Gasteiger partial charge in [-0.1, -0.05) is 12.1 Å². The lowest BCUT2D eigenvalue weighted by atomic mass is 10.2. The highest BCUT2D eigenvalue weighted by Gasteiger charge is 2.03. The first kappa shape index (κ1) is 14.9. The third-order valence-corrected chi connectivity index (χ3v) is 2.21. The number of hydrogen-bond acceptors (Lipinski definition) is 3. The molecule has 1 rings (SSSR count). The number of benzene rings is 1. The molecule has 18 heavy (non-hydrogen) atoms. The van der Waals surface area contributed by atoms with E-state index >= 15 is 0 Å². The summed E-state index contributed by atoms with van der Waals surface area (Å²) in [6.45, 7) is 3.29. The summed E-state index contributed by atoms with van der Waals surface area (Å²) in [5.74, 6) is 0.178. The summed E-state index contributed by atoms with van der Waals surface area (Å²) in [6, 6.07) is 6.59. The van der Waals surface area contributed by atoms with Gasteiger partial charge in [0.2, 0.25) is 0 Å². The minimum atomic E-state index is -2.78. The topological polar surface area (TPSA) is 30.5 Å². The van der Waals surface area contributed by atoms with Crippen LogP contribution in [-0.4, -0.2) is 25.9 Å². The van der Waals surface area contributed by atoms with Crippen molar-refractivity contribution in [1.29, 1.82) is 0 Å². The predicted molar refractivity (Wildman–Crippen MR) is 65.9 cm³/mol. The van der Waals surface area contributed by atoms with E-state index in [1.165, 1.54) is 12.1 Å². The van der Waals surface area contributed by atoms with Crippen LogP contribution in [0.2, 0.25) is 0 Å². The van der Waals surface area contributed by atoms with Crippen molar-refractivity contribution in [2.75, 3.05) is 13.2 Å². The van der Waals surface area contributed by atoms with Crippen molar-refractivity contribution in [2.45, 2.75) is 33.1 Å². The molecule has 0 aliphatic carbocycles. The van der Waals surface area contributed by atoms with Gasteiger partial charge < -0.3 is 14.8 Å². The van der Waals surface area contributed by atoms with Crippen LogP contribution in [0.5, 0.6) is 5.75 Å². The van der Waals surface area contributed by atoms with Gasteiger partial charge in [-0.25, -0.2) is 0 Å². The van der Waals surface area contributed by atoms with Crippen molar-refractivity contribution in [3.05, 3.63) is 29.8 Å². The Morgan fingerprint density at radius 3 is 2.39 bits per heavy atom. The molecule has 0 aliphatic rings. The lowest BCUT2D eigenvalue weighted by molar-refractivity contribution is -0.0498. The van der Waals surface area contributed by atoms with Gasteiger partial charge in [-0.05, 0) is 31.5 Å². The summed E-state index contributed by atoms with van der Waals surface area (Å²) in [6.07, 6.45) is 0.234. The molecule has 5 heteroatoms. The van der Waals surface area contributed by atoms with Crippen LogP contribution in [0.25, 0.3) is 0 Å². The van der Waals surface area contributed by atoms with Crippen molar-refractivity contribution in [3.63, 3.8) is 0 Å². The second-order valence-electron chi connectivity index (χ2n) is 4.12. The van der Waals surface area contributed by atoms with E-state index in [0.29, 0.717) is 13.2 Å². The molecular formula is C13H19F2NO2. The summed E-state index contributed by atoms with van der Waals surface area (Å²) >= 11 is 0. The first-order valence-corrected chi connectivity index (χ1v) is 5.94. The quantitative estimate of drug-likeness (QED) is 0.728. The first-order valence-electron chi connectivity index (χ1n) is 5.94. The highest BCUT2D eigenvalue weighted by Crippen LogP contribution is 2.14. The molecule has 0 bridgehead atoms. The molecule has 0 unspecified atom stereocenters. The molecular weight excluding hydrogens is 240 g/mol. The Hall–Kier alpha value is -1.20. The number of rotatable bonds is 8. The van der Waals surface area contributed by atoms with Crippen LogP contribution in [-0.2, 0) is 11.3 Å². The van der Waals surface area contributed by atoms with Gasteiger partial charge in [0.15, 0.2) is 0 Å². The largest absolute Gasteiger partial charge is 0.435 e. The molecule has 0 saturated carbocycles. The summed E-state index contributed by atoms with van der Waals surface area (Å²) in [5.41, 5.74) is 1.01. The molecule has 0 heterocycles. The highest BCUT2D eigenvalue weighted by molar-refractivity contribution is 5.27. The normalized spacial score (nSPS) is 11.2. The first-order chi connectivity index (χ1) is 8.58. The van der Waals surface area contributed by atoms with Crippen molar-refractivity contribution in [1.82, 2.24) is 5.32 Å². The van der Waals surface area contributed by atoms with Crippen molar-refractivity contribution in [3.8, 4) is 5.75 Å². The van der Waals surface area contributed by atoms with Gasteiger partial charge in [-0.15, -0.1) is 0 Å². The molecule has 0 aromatic heterocycles. The molecule has 0 saturated heterocycles. The van der Waals surface area contributed by atoms with E-state index < -0.39 is 6.61 Å². The molecule has 0 spiro atoms. The monoisotopic (exact) mass is 259 g/mol. The minimum Gasteiger partial charge on any atom is -0.435 e. The van der Waals surface area contributed by atoms with Crippen molar-refractivity contribution in [2.24, 2.45) is 0 Å². The third kappa shape index (κ3) is 6.51. The third-order valence-electron chi connectivity index (χ3n) is 2.21. The second kappa shape index (κ2) is 8.00. The van der Waals surface area contributed by atoms with Crippen LogP contribution < -0.4 is 10.1 Å². The van der Waals surface area contributed by atoms with Crippen LogP contribution in [0, 0.1) is 0 Å². The van der Waals surface area contributed by atoms with Crippen LogP contribution >= 0.6 is 0 Å². The Morgan fingerprint density at radius 2 is 1.83 bits per heavy atom. The van der Waals surface area contributed by atoms with E-state index in [1.807, 2.05) is 13.8 Å². The van der Waals surface area contributed by atoms with Gasteiger partial charge in [-0.2, -0.15) is 8.78 Å². The number of hydrogen-bond donors (Lipinski definition) is 1. The zero-order valence-corrected chi connectivity index (χ0v) is 10.7. The molecule has 1 N–H and O–H groups in total. The summed E-state index contributed by atoms with van der Waals surface area (Å²) < 4.78 is 33.5. The Morgan fingerprint density at radius 1 is 1.17 bits per heavy atom. The predicted octanol–water partition coefficient (Wildman–Crippen LogP) is 2.80. The SMILES string of the molecule is CC(C)OCCNCc1ccc(OC(F)F)cc1. The molecule has 102 valence electrons. The lowest BCUT2D eigenvalue weighted by Crippen LogP contribution is -2.20. The molecule has 3 nitrogen and oxygen atoms in total. The average Bonchev–Trinajstić information content (AvgIpc) is 2.30. The van der Waals surface area contributed by atoms with Gasteiger partial charge in [0.05, 0.1) is 12.7 Å². The van der Waals surface area contributed by atoms with Crippen molar-refractivity contribution < 1.29 is 18.3 Å². The summed E-state index contributed by atoms with van der Waals surface area (Å²) in [4.78, 5) is 0. The van der Waals surface area contributed by atoms with Gasteiger partial charge in [0.25, 0.3) is 0 Å². The fourth-order valence-corrected chi connectivity index (χ4v) is 1.39. The Labute approximate surface area is 106 Å². The van der Waals surface area contributed by atoms with Gasteiger partial charge in [0.1, 0.15) is 5.75 Å². The molecule has 0 aliphatic heterocycles. The van der Waals surface area contributed by atoms with E-state index in [4.69, 9.17) is 4.74 Å².